The molecule has 7 heteroatoms. The Kier molecular flexibility index (Phi) is 2.56. The molecule has 2 aliphatic heterocycles. The Balaban J connectivity index is 1.99. The van der Waals surface area contributed by atoms with Gasteiger partial charge >= 0.3 is 0 Å². The molecule has 0 aliphatic carbocycles. The smallest absolute Gasteiger partial charge is 0.211 e. The molecule has 1 atom stereocenters. The molecule has 0 spiro atoms. The standard InChI is InChI=1S/C12H13FN4O2/c13-8-6-16-12(15,17-11(8)14)7-1-2-9-10(5-7)19-4-3-18-9/h1-2,5-6,16H,3-4,15H2,(H2,14,17). The van der Waals surface area contributed by atoms with Crippen molar-refractivity contribution < 1.29 is 13.9 Å². The highest BCUT2D eigenvalue weighted by Gasteiger charge is 2.31. The first-order chi connectivity index (χ1) is 9.08. The van der Waals surface area contributed by atoms with Crippen molar-refractivity contribution in [1.82, 2.24) is 5.32 Å². The lowest BCUT2D eigenvalue weighted by Gasteiger charge is -2.30. The van der Waals surface area contributed by atoms with Crippen LogP contribution in [0, 0.1) is 0 Å². The summed E-state index contributed by atoms with van der Waals surface area (Å²) in [6, 6.07) is 5.17. The Hall–Kier alpha value is -2.28. The van der Waals surface area contributed by atoms with E-state index in [9.17, 15) is 4.39 Å². The van der Waals surface area contributed by atoms with Gasteiger partial charge < -0.3 is 20.5 Å². The van der Waals surface area contributed by atoms with E-state index in [-0.39, 0.29) is 5.84 Å². The van der Waals surface area contributed by atoms with Crippen molar-refractivity contribution in [3.8, 4) is 11.5 Å². The van der Waals surface area contributed by atoms with Crippen molar-refractivity contribution in [2.75, 3.05) is 13.2 Å². The quantitative estimate of drug-likeness (QED) is 0.678. The van der Waals surface area contributed by atoms with Crippen LogP contribution < -0.4 is 26.3 Å². The van der Waals surface area contributed by atoms with Crippen LogP contribution >= 0.6 is 0 Å². The molecule has 19 heavy (non-hydrogen) atoms. The number of halogens is 1. The molecule has 0 bridgehead atoms. The third kappa shape index (κ3) is 1.97. The average molecular weight is 264 g/mol. The number of nitrogens with two attached hydrogens (primary N) is 2. The van der Waals surface area contributed by atoms with E-state index in [1.54, 1.807) is 18.2 Å². The van der Waals surface area contributed by atoms with Gasteiger partial charge in [-0.25, -0.2) is 9.38 Å². The van der Waals surface area contributed by atoms with Gasteiger partial charge in [0, 0.05) is 11.8 Å². The second kappa shape index (κ2) is 4.13. The molecule has 1 unspecified atom stereocenters. The van der Waals surface area contributed by atoms with Gasteiger partial charge in [0.05, 0.1) is 0 Å². The SMILES string of the molecule is NC1=NC(N)(c2ccc3c(c2)OCCO3)NC=C1F. The Labute approximate surface area is 108 Å². The Morgan fingerprint density at radius 2 is 2.00 bits per heavy atom. The minimum atomic E-state index is -1.31. The fraction of sp³-hybridized carbons (Fsp3) is 0.250. The summed E-state index contributed by atoms with van der Waals surface area (Å²) in [6.45, 7) is 0.985. The van der Waals surface area contributed by atoms with Crippen LogP contribution in [0.25, 0.3) is 0 Å². The molecule has 1 aromatic carbocycles. The van der Waals surface area contributed by atoms with Crippen LogP contribution in [-0.2, 0) is 5.79 Å². The van der Waals surface area contributed by atoms with Gasteiger partial charge in [-0.1, -0.05) is 0 Å². The number of benzene rings is 1. The first-order valence-electron chi connectivity index (χ1n) is 5.76. The van der Waals surface area contributed by atoms with E-state index < -0.39 is 11.6 Å². The van der Waals surface area contributed by atoms with Gasteiger partial charge in [-0.3, -0.25) is 5.73 Å². The van der Waals surface area contributed by atoms with Crippen LogP contribution in [0.3, 0.4) is 0 Å². The number of rotatable bonds is 1. The first-order valence-corrected chi connectivity index (χ1v) is 5.76. The van der Waals surface area contributed by atoms with Crippen LogP contribution in [0.15, 0.2) is 35.2 Å². The second-order valence-electron chi connectivity index (χ2n) is 4.26. The maximum atomic E-state index is 13.2. The van der Waals surface area contributed by atoms with Crippen LogP contribution in [-0.4, -0.2) is 19.0 Å². The number of hydrogen-bond donors (Lipinski definition) is 3. The van der Waals surface area contributed by atoms with Crippen molar-refractivity contribution in [2.45, 2.75) is 5.79 Å². The van der Waals surface area contributed by atoms with E-state index in [0.717, 1.165) is 6.20 Å². The van der Waals surface area contributed by atoms with Gasteiger partial charge in [0.1, 0.15) is 13.2 Å². The van der Waals surface area contributed by atoms with E-state index in [1.165, 1.54) is 0 Å². The largest absolute Gasteiger partial charge is 0.486 e. The molecule has 0 aromatic heterocycles. The zero-order valence-electron chi connectivity index (χ0n) is 10.0. The zero-order chi connectivity index (χ0) is 13.5. The highest BCUT2D eigenvalue weighted by atomic mass is 19.1. The van der Waals surface area contributed by atoms with Crippen molar-refractivity contribution in [3.63, 3.8) is 0 Å². The fourth-order valence-electron chi connectivity index (χ4n) is 1.95. The van der Waals surface area contributed by atoms with Gasteiger partial charge in [0.15, 0.2) is 23.2 Å². The van der Waals surface area contributed by atoms with Gasteiger partial charge in [0.2, 0.25) is 5.79 Å². The summed E-state index contributed by atoms with van der Waals surface area (Å²) in [7, 11) is 0. The van der Waals surface area contributed by atoms with Crippen molar-refractivity contribution in [3.05, 3.63) is 35.8 Å². The Morgan fingerprint density at radius 1 is 1.26 bits per heavy atom. The second-order valence-corrected chi connectivity index (χ2v) is 4.26. The third-order valence-corrected chi connectivity index (χ3v) is 2.94. The van der Waals surface area contributed by atoms with E-state index in [4.69, 9.17) is 20.9 Å². The molecular formula is C12H13FN4O2. The van der Waals surface area contributed by atoms with Gasteiger partial charge in [0.25, 0.3) is 0 Å². The number of fused-ring (bicyclic) bond motifs is 1. The minimum absolute atomic E-state index is 0.240. The Morgan fingerprint density at radius 3 is 2.74 bits per heavy atom. The van der Waals surface area contributed by atoms with Gasteiger partial charge in [-0.2, -0.15) is 0 Å². The number of nitrogens with one attached hydrogen (secondary N) is 1. The lowest BCUT2D eigenvalue weighted by molar-refractivity contribution is 0.171. The highest BCUT2D eigenvalue weighted by Crippen LogP contribution is 2.34. The number of ether oxygens (including phenoxy) is 2. The molecule has 0 fully saturated rings. The van der Waals surface area contributed by atoms with Crippen molar-refractivity contribution >= 4 is 5.84 Å². The Bertz CT molecular complexity index is 587. The van der Waals surface area contributed by atoms with Crippen LogP contribution in [0.2, 0.25) is 0 Å². The predicted octanol–water partition coefficient (Wildman–Crippen LogP) is 0.298. The fourth-order valence-corrected chi connectivity index (χ4v) is 1.95. The van der Waals surface area contributed by atoms with E-state index >= 15 is 0 Å². The summed E-state index contributed by atoms with van der Waals surface area (Å²) in [5.74, 6) is -0.961. The maximum Gasteiger partial charge on any atom is 0.211 e. The topological polar surface area (TPSA) is 94.9 Å². The molecule has 6 nitrogen and oxygen atoms in total. The van der Waals surface area contributed by atoms with E-state index in [1.807, 2.05) is 0 Å². The maximum absolute atomic E-state index is 13.2. The van der Waals surface area contributed by atoms with E-state index in [0.29, 0.717) is 30.3 Å². The third-order valence-electron chi connectivity index (χ3n) is 2.94. The molecule has 2 aliphatic rings. The molecule has 100 valence electrons. The van der Waals surface area contributed by atoms with Gasteiger partial charge in [-0.15, -0.1) is 0 Å². The average Bonchev–Trinajstić information content (AvgIpc) is 2.43. The molecule has 3 rings (SSSR count). The molecule has 0 radical (unpaired) electrons. The molecule has 5 N–H and O–H groups in total. The lowest BCUT2D eigenvalue weighted by atomic mass is 10.1. The molecule has 0 saturated heterocycles. The molecular weight excluding hydrogens is 251 g/mol. The summed E-state index contributed by atoms with van der Waals surface area (Å²) < 4.78 is 24.0. The number of aliphatic imine (C=N–C) groups is 1. The summed E-state index contributed by atoms with van der Waals surface area (Å²) in [6.07, 6.45) is 1.10. The number of nitrogens with zero attached hydrogens (tertiary/aromatic N) is 1. The summed E-state index contributed by atoms with van der Waals surface area (Å²) in [5, 5.41) is 2.68. The zero-order valence-corrected chi connectivity index (χ0v) is 10.0. The highest BCUT2D eigenvalue weighted by molar-refractivity contribution is 5.95. The first kappa shape index (κ1) is 11.8. The molecule has 0 amide bonds. The van der Waals surface area contributed by atoms with Crippen LogP contribution in [0.5, 0.6) is 11.5 Å². The lowest BCUT2D eigenvalue weighted by Crippen LogP contribution is -2.50. The summed E-state index contributed by atoms with van der Waals surface area (Å²) in [4.78, 5) is 3.94. The monoisotopic (exact) mass is 264 g/mol. The summed E-state index contributed by atoms with van der Waals surface area (Å²) >= 11 is 0. The molecule has 2 heterocycles. The number of amidine groups is 1. The minimum Gasteiger partial charge on any atom is -0.486 e. The molecule has 1 aromatic rings. The van der Waals surface area contributed by atoms with E-state index in [2.05, 4.69) is 10.3 Å². The van der Waals surface area contributed by atoms with Gasteiger partial charge in [-0.05, 0) is 18.2 Å². The normalized spacial score (nSPS) is 25.2. The van der Waals surface area contributed by atoms with Crippen LogP contribution in [0.4, 0.5) is 4.39 Å². The number of hydrogen-bond acceptors (Lipinski definition) is 6. The summed E-state index contributed by atoms with van der Waals surface area (Å²) in [5.41, 5.74) is 12.1. The molecule has 0 saturated carbocycles. The van der Waals surface area contributed by atoms with Crippen molar-refractivity contribution in [2.24, 2.45) is 16.5 Å². The van der Waals surface area contributed by atoms with Crippen LogP contribution in [0.1, 0.15) is 5.56 Å². The predicted molar refractivity (Wildman–Crippen MR) is 67.2 cm³/mol. The van der Waals surface area contributed by atoms with Crippen molar-refractivity contribution in [1.29, 1.82) is 0 Å².